The molecule has 0 aliphatic rings. The van der Waals surface area contributed by atoms with Gasteiger partial charge >= 0.3 is 5.97 Å². The van der Waals surface area contributed by atoms with Crippen LogP contribution in [0.1, 0.15) is 46.4 Å². The number of aromatic amines is 1. The number of halogens is 2. The van der Waals surface area contributed by atoms with E-state index in [1.807, 2.05) is 13.8 Å². The summed E-state index contributed by atoms with van der Waals surface area (Å²) in [6, 6.07) is 10.6. The molecule has 9 nitrogen and oxygen atoms in total. The van der Waals surface area contributed by atoms with Crippen molar-refractivity contribution in [3.05, 3.63) is 69.5 Å². The number of nitrogens with one attached hydrogen (secondary N) is 3. The summed E-state index contributed by atoms with van der Waals surface area (Å²) < 4.78 is 4.69. The van der Waals surface area contributed by atoms with Crippen LogP contribution < -0.4 is 10.6 Å². The molecule has 3 rings (SSSR count). The first kappa shape index (κ1) is 26.5. The maximum Gasteiger partial charge on any atom is 0.337 e. The molecule has 3 aromatic rings. The molecule has 2 amide bonds. The van der Waals surface area contributed by atoms with Crippen LogP contribution in [-0.4, -0.2) is 45.8 Å². The predicted molar refractivity (Wildman–Crippen MR) is 135 cm³/mol. The number of hydrogen-bond acceptors (Lipinski definition) is 7. The van der Waals surface area contributed by atoms with Crippen molar-refractivity contribution in [1.82, 2.24) is 20.5 Å². The summed E-state index contributed by atoms with van der Waals surface area (Å²) in [7, 11) is 1.29. The molecule has 0 saturated carbocycles. The van der Waals surface area contributed by atoms with Gasteiger partial charge in [0.1, 0.15) is 5.82 Å². The summed E-state index contributed by atoms with van der Waals surface area (Å²) in [5.41, 5.74) is 1.10. The third-order valence-electron chi connectivity index (χ3n) is 4.81. The van der Waals surface area contributed by atoms with Crippen LogP contribution in [0.15, 0.2) is 47.6 Å². The van der Waals surface area contributed by atoms with Crippen LogP contribution in [0.3, 0.4) is 0 Å². The highest BCUT2D eigenvalue weighted by molar-refractivity contribution is 7.99. The number of H-pyrrole nitrogens is 1. The Morgan fingerprint density at radius 2 is 1.91 bits per heavy atom. The van der Waals surface area contributed by atoms with Gasteiger partial charge in [0.2, 0.25) is 11.1 Å². The Labute approximate surface area is 216 Å². The molecule has 0 saturated heterocycles. The number of thioether (sulfide) groups is 1. The Balaban J connectivity index is 1.61. The van der Waals surface area contributed by atoms with Gasteiger partial charge in [0.05, 0.1) is 35.1 Å². The smallest absolute Gasteiger partial charge is 0.337 e. The van der Waals surface area contributed by atoms with Crippen molar-refractivity contribution >= 4 is 58.4 Å². The van der Waals surface area contributed by atoms with Crippen LogP contribution in [0.5, 0.6) is 0 Å². The van der Waals surface area contributed by atoms with Crippen LogP contribution >= 0.6 is 35.0 Å². The van der Waals surface area contributed by atoms with Gasteiger partial charge in [0, 0.05) is 10.7 Å². The van der Waals surface area contributed by atoms with Gasteiger partial charge in [-0.05, 0) is 42.3 Å². The molecule has 184 valence electrons. The van der Waals surface area contributed by atoms with Crippen LogP contribution in [0.2, 0.25) is 10.0 Å². The molecule has 0 spiro atoms. The fraction of sp³-hybridized carbons (Fsp3) is 0.261. The first-order valence-corrected chi connectivity index (χ1v) is 12.2. The maximum absolute atomic E-state index is 12.8. The second-order valence-corrected chi connectivity index (χ2v) is 9.52. The average molecular weight is 536 g/mol. The van der Waals surface area contributed by atoms with Crippen molar-refractivity contribution in [2.45, 2.75) is 25.0 Å². The molecule has 0 aliphatic heterocycles. The maximum atomic E-state index is 12.8. The standard InChI is InChI=1S/C23H23Cl2N5O4S/c1-12(2)19(27-21(32)16-8-7-14(24)10-17(16)25)20-28-23(30-29-20)35-11-18(31)26-15-6-4-5-13(9-15)22(33)34-3/h4-10,12,19H,11H2,1-3H3,(H,26,31)(H,27,32)(H,28,29,30)/t19-/m0/s1. The zero-order valence-corrected chi connectivity index (χ0v) is 21.4. The number of anilines is 1. The van der Waals surface area contributed by atoms with E-state index in [-0.39, 0.29) is 28.5 Å². The van der Waals surface area contributed by atoms with Crippen molar-refractivity contribution in [3.63, 3.8) is 0 Å². The average Bonchev–Trinajstić information content (AvgIpc) is 3.29. The van der Waals surface area contributed by atoms with Crippen LogP contribution in [0, 0.1) is 5.92 Å². The number of benzene rings is 2. The number of carbonyl (C=O) groups is 3. The lowest BCUT2D eigenvalue weighted by Crippen LogP contribution is -2.32. The Morgan fingerprint density at radius 1 is 1.14 bits per heavy atom. The number of nitrogens with zero attached hydrogens (tertiary/aromatic N) is 2. The van der Waals surface area contributed by atoms with Gasteiger partial charge in [-0.2, -0.15) is 0 Å². The summed E-state index contributed by atoms with van der Waals surface area (Å²) in [6.07, 6.45) is 0. The zero-order valence-electron chi connectivity index (χ0n) is 19.1. The molecule has 1 heterocycles. The molecule has 35 heavy (non-hydrogen) atoms. The normalized spacial score (nSPS) is 11.7. The van der Waals surface area contributed by atoms with Crippen molar-refractivity contribution in [2.75, 3.05) is 18.2 Å². The summed E-state index contributed by atoms with van der Waals surface area (Å²) in [6.45, 7) is 3.86. The van der Waals surface area contributed by atoms with Crippen molar-refractivity contribution in [1.29, 1.82) is 0 Å². The van der Waals surface area contributed by atoms with Gasteiger partial charge in [-0.1, -0.05) is 54.9 Å². The largest absolute Gasteiger partial charge is 0.465 e. The summed E-state index contributed by atoms with van der Waals surface area (Å²) in [4.78, 5) is 41.2. The minimum atomic E-state index is -0.492. The van der Waals surface area contributed by atoms with E-state index in [1.165, 1.54) is 19.2 Å². The summed E-state index contributed by atoms with van der Waals surface area (Å²) in [5, 5.41) is 13.6. The number of rotatable bonds is 9. The Bertz CT molecular complexity index is 1230. The molecule has 1 atom stereocenters. The van der Waals surface area contributed by atoms with Gasteiger partial charge in [-0.3, -0.25) is 14.7 Å². The Hall–Kier alpha value is -3.08. The highest BCUT2D eigenvalue weighted by Crippen LogP contribution is 2.25. The monoisotopic (exact) mass is 535 g/mol. The molecule has 0 bridgehead atoms. The highest BCUT2D eigenvalue weighted by Gasteiger charge is 2.24. The van der Waals surface area contributed by atoms with Crippen molar-refractivity contribution < 1.29 is 19.1 Å². The lowest BCUT2D eigenvalue weighted by atomic mass is 10.0. The first-order chi connectivity index (χ1) is 16.7. The lowest BCUT2D eigenvalue weighted by molar-refractivity contribution is -0.113. The molecule has 0 radical (unpaired) electrons. The number of esters is 1. The molecule has 0 aliphatic carbocycles. The fourth-order valence-electron chi connectivity index (χ4n) is 3.07. The molecule has 2 aromatic carbocycles. The quantitative estimate of drug-likeness (QED) is 0.266. The van der Waals surface area contributed by atoms with Gasteiger partial charge in [-0.15, -0.1) is 5.10 Å². The van der Waals surface area contributed by atoms with E-state index in [0.29, 0.717) is 32.8 Å². The van der Waals surface area contributed by atoms with E-state index in [4.69, 9.17) is 23.2 Å². The number of ether oxygens (including phenoxy) is 1. The van der Waals surface area contributed by atoms with Crippen LogP contribution in [-0.2, 0) is 9.53 Å². The molecule has 0 unspecified atom stereocenters. The molecule has 3 N–H and O–H groups in total. The second kappa shape index (κ2) is 12.1. The van der Waals surface area contributed by atoms with E-state index in [0.717, 1.165) is 11.8 Å². The third kappa shape index (κ3) is 7.20. The second-order valence-electron chi connectivity index (χ2n) is 7.73. The topological polar surface area (TPSA) is 126 Å². The number of aromatic nitrogens is 3. The van der Waals surface area contributed by atoms with Gasteiger partial charge in [-0.25, -0.2) is 9.78 Å². The predicted octanol–water partition coefficient (Wildman–Crippen LogP) is 4.76. The van der Waals surface area contributed by atoms with Gasteiger partial charge < -0.3 is 15.4 Å². The number of methoxy groups -OCH3 is 1. The lowest BCUT2D eigenvalue weighted by Gasteiger charge is -2.20. The van der Waals surface area contributed by atoms with E-state index in [9.17, 15) is 14.4 Å². The first-order valence-electron chi connectivity index (χ1n) is 10.5. The minimum Gasteiger partial charge on any atom is -0.465 e. The number of carbonyl (C=O) groups excluding carboxylic acids is 3. The van der Waals surface area contributed by atoms with E-state index < -0.39 is 12.0 Å². The number of amides is 2. The van der Waals surface area contributed by atoms with E-state index in [1.54, 1.807) is 30.3 Å². The van der Waals surface area contributed by atoms with Crippen LogP contribution in [0.4, 0.5) is 5.69 Å². The third-order valence-corrected chi connectivity index (χ3v) is 6.20. The molecular weight excluding hydrogens is 513 g/mol. The fourth-order valence-corrected chi connectivity index (χ4v) is 4.17. The van der Waals surface area contributed by atoms with Gasteiger partial charge in [0.15, 0.2) is 0 Å². The van der Waals surface area contributed by atoms with E-state index >= 15 is 0 Å². The minimum absolute atomic E-state index is 0.0128. The zero-order chi connectivity index (χ0) is 25.5. The Kier molecular flexibility index (Phi) is 9.13. The Morgan fingerprint density at radius 3 is 2.60 bits per heavy atom. The SMILES string of the molecule is COC(=O)c1cccc(NC(=O)CSc2n[nH]c([C@@H](NC(=O)c3ccc(Cl)cc3Cl)C(C)C)n2)c1. The van der Waals surface area contributed by atoms with Crippen LogP contribution in [0.25, 0.3) is 0 Å². The molecule has 0 fully saturated rings. The van der Waals surface area contributed by atoms with Crippen molar-refractivity contribution in [2.24, 2.45) is 5.92 Å². The molecule has 12 heteroatoms. The number of hydrogen-bond donors (Lipinski definition) is 3. The molecule has 1 aromatic heterocycles. The highest BCUT2D eigenvalue weighted by atomic mass is 35.5. The van der Waals surface area contributed by atoms with E-state index in [2.05, 4.69) is 30.6 Å². The summed E-state index contributed by atoms with van der Waals surface area (Å²) in [5.74, 6) is -0.681. The summed E-state index contributed by atoms with van der Waals surface area (Å²) >= 11 is 13.2. The molecular formula is C23H23Cl2N5O4S. The van der Waals surface area contributed by atoms with Crippen molar-refractivity contribution in [3.8, 4) is 0 Å². The van der Waals surface area contributed by atoms with Gasteiger partial charge in [0.25, 0.3) is 5.91 Å².